The third-order valence-corrected chi connectivity index (χ3v) is 9.10. The van der Waals surface area contributed by atoms with Crippen molar-refractivity contribution in [2.75, 3.05) is 0 Å². The number of hydrogen-bond donors (Lipinski definition) is 0. The second-order valence-electron chi connectivity index (χ2n) is 12.3. The Morgan fingerprint density at radius 3 is 1.52 bits per heavy atom. The van der Waals surface area contributed by atoms with Gasteiger partial charge in [-0.15, -0.1) is 0 Å². The van der Waals surface area contributed by atoms with Gasteiger partial charge in [-0.25, -0.2) is 4.98 Å². The van der Waals surface area contributed by atoms with E-state index in [1.165, 1.54) is 4.57 Å². The summed E-state index contributed by atoms with van der Waals surface area (Å²) in [6, 6.07) is -4.04. The lowest BCUT2D eigenvalue weighted by molar-refractivity contribution is 0.953. The van der Waals surface area contributed by atoms with E-state index >= 15 is 0 Å². The Morgan fingerprint density at radius 2 is 0.857 bits per heavy atom. The number of fused-ring (bicyclic) bond motifs is 7. The summed E-state index contributed by atoms with van der Waals surface area (Å²) in [5.74, 6) is -2.44. The molecular weight excluding hydrogens is 683 g/mol. The molecule has 0 atom stereocenters. The molecule has 11 rings (SSSR count). The van der Waals surface area contributed by atoms with Crippen LogP contribution >= 0.6 is 0 Å². The normalized spacial score (nSPS) is 17.6. The zero-order valence-corrected chi connectivity index (χ0v) is 28.4. The molecule has 262 valence electrons. The molecule has 0 N–H and O–H groups in total. The largest absolute Gasteiger partial charge is 0.307 e. The predicted molar refractivity (Wildman–Crippen MR) is 230 cm³/mol. The van der Waals surface area contributed by atoms with Crippen molar-refractivity contribution in [1.29, 1.82) is 0 Å². The molecule has 3 heterocycles. The molecule has 0 radical (unpaired) electrons. The van der Waals surface area contributed by atoms with Crippen LogP contribution in [0.4, 0.5) is 0 Å². The van der Waals surface area contributed by atoms with E-state index in [1.54, 1.807) is 42.5 Å². The Labute approximate surface area is 357 Å². The van der Waals surface area contributed by atoms with Gasteiger partial charge in [0.2, 0.25) is 5.95 Å². The van der Waals surface area contributed by atoms with E-state index in [0.717, 1.165) is 4.57 Å². The zero-order valence-electron chi connectivity index (χ0n) is 52.4. The third kappa shape index (κ3) is 5.21. The van der Waals surface area contributed by atoms with E-state index in [1.807, 2.05) is 12.1 Å². The number of aromatic nitrogens is 5. The van der Waals surface area contributed by atoms with Gasteiger partial charge in [0.15, 0.2) is 11.6 Å². The Bertz CT molecular complexity index is 4560. The van der Waals surface area contributed by atoms with Crippen LogP contribution in [0.15, 0.2) is 200 Å². The second kappa shape index (κ2) is 13.0. The van der Waals surface area contributed by atoms with Crippen molar-refractivity contribution < 1.29 is 32.9 Å². The molecule has 0 spiro atoms. The van der Waals surface area contributed by atoms with Gasteiger partial charge in [-0.05, 0) is 46.5 Å². The minimum Gasteiger partial charge on any atom is -0.307 e. The average molecular weight is 740 g/mol. The third-order valence-electron chi connectivity index (χ3n) is 9.10. The lowest BCUT2D eigenvalue weighted by Crippen LogP contribution is -2.07. The van der Waals surface area contributed by atoms with E-state index in [4.69, 9.17) is 19.2 Å². The summed E-state index contributed by atoms with van der Waals surface area (Å²) in [5, 5.41) is -1.33. The monoisotopic (exact) mass is 739 g/mol. The summed E-state index contributed by atoms with van der Waals surface area (Å²) in [6.07, 6.45) is 0. The SMILES string of the molecule is [2H]c1c([2H])c([2H])c(-c2nc(-c3c([2H])c([2H])c(-c4c([2H])c([2H])c([2H])c([2H])c4[2H])c([2H])c3[2H])nc(-n3c4c([2H])c([2H])c([2H])c([2H])c4c4c([2H])c([2H])c5c6c([2H])c([2H])c([2H])c([2H])c6n(-c6cccc(-c7ccccc7)c6)c5c43)n2)c([2H])c1[2H]. The molecule has 0 fully saturated rings. The van der Waals surface area contributed by atoms with Crippen LogP contribution in [0.5, 0.6) is 0 Å². The first kappa shape index (κ1) is 16.0. The van der Waals surface area contributed by atoms with Crippen molar-refractivity contribution in [3.05, 3.63) is 200 Å². The Balaban J connectivity index is 1.40. The van der Waals surface area contributed by atoms with Crippen LogP contribution in [-0.2, 0) is 0 Å². The highest BCUT2D eigenvalue weighted by Gasteiger charge is 2.23. The highest BCUT2D eigenvalue weighted by Crippen LogP contribution is 2.42. The lowest BCUT2D eigenvalue weighted by Gasteiger charge is -2.14. The van der Waals surface area contributed by atoms with E-state index in [9.17, 15) is 13.7 Å². The van der Waals surface area contributed by atoms with Crippen LogP contribution in [-0.4, -0.2) is 24.1 Å². The summed E-state index contributed by atoms with van der Waals surface area (Å²) in [5.41, 5.74) is -2.69. The highest BCUT2D eigenvalue weighted by atomic mass is 15.2. The molecule has 11 aromatic rings. The molecule has 0 amide bonds. The molecule has 5 nitrogen and oxygen atoms in total. The summed E-state index contributed by atoms with van der Waals surface area (Å²) in [7, 11) is 0. The Hall–Kier alpha value is -7.63. The summed E-state index contributed by atoms with van der Waals surface area (Å²) in [4.78, 5) is 13.7. The zero-order chi connectivity index (χ0) is 57.9. The molecule has 8 aromatic carbocycles. The van der Waals surface area contributed by atoms with Crippen LogP contribution in [0.1, 0.15) is 32.9 Å². The van der Waals surface area contributed by atoms with Crippen LogP contribution in [0.2, 0.25) is 0 Å². The van der Waals surface area contributed by atoms with Gasteiger partial charge < -0.3 is 4.57 Å². The standard InChI is InChI=1S/C51H33N5/c1-4-15-34(16-5-1)36-27-29-38(30-28-36)50-52-49(37-19-8-3-9-20-37)53-51(54-50)56-46-26-13-11-24-42(46)44-32-31-43-41-23-10-12-25-45(41)55(47(43)48(44)56)40-22-14-21-39(33-40)35-17-6-2-7-18-35/h1-33H/i1D,3D,4D,5D,8D,9D,10D,11D,12D,13D,15D,16D,19D,20D,23D,24D,25D,26D,27D,28D,29D,30D,31D,32D. The first-order valence-electron chi connectivity index (χ1n) is 28.9. The molecule has 0 aliphatic carbocycles. The molecule has 0 aliphatic rings. The van der Waals surface area contributed by atoms with Gasteiger partial charge in [0.25, 0.3) is 0 Å². The van der Waals surface area contributed by atoms with Crippen molar-refractivity contribution in [2.45, 2.75) is 0 Å². The van der Waals surface area contributed by atoms with Crippen molar-refractivity contribution in [3.8, 4) is 56.7 Å². The minimum absolute atomic E-state index is 0.199. The number of nitrogens with zero attached hydrogens (tertiary/aromatic N) is 5. The highest BCUT2D eigenvalue weighted by molar-refractivity contribution is 6.23. The van der Waals surface area contributed by atoms with Crippen LogP contribution < -0.4 is 0 Å². The lowest BCUT2D eigenvalue weighted by atomic mass is 10.0. The molecule has 0 saturated heterocycles. The van der Waals surface area contributed by atoms with Gasteiger partial charge in [0, 0.05) is 38.4 Å². The van der Waals surface area contributed by atoms with Crippen LogP contribution in [0.3, 0.4) is 0 Å². The van der Waals surface area contributed by atoms with Gasteiger partial charge in [0.05, 0.1) is 55.0 Å². The van der Waals surface area contributed by atoms with Gasteiger partial charge in [-0.2, -0.15) is 9.97 Å². The number of para-hydroxylation sites is 2. The van der Waals surface area contributed by atoms with Crippen molar-refractivity contribution in [1.82, 2.24) is 24.1 Å². The fourth-order valence-corrected chi connectivity index (χ4v) is 6.70. The number of hydrogen-bond acceptors (Lipinski definition) is 3. The van der Waals surface area contributed by atoms with E-state index < -0.39 is 196 Å². The number of rotatable bonds is 6. The van der Waals surface area contributed by atoms with Gasteiger partial charge in [-0.3, -0.25) is 4.57 Å². The van der Waals surface area contributed by atoms with E-state index in [2.05, 4.69) is 15.0 Å². The smallest absolute Gasteiger partial charge is 0.238 e. The quantitative estimate of drug-likeness (QED) is 0.171. The number of benzene rings is 8. The van der Waals surface area contributed by atoms with Gasteiger partial charge in [-0.1, -0.05) is 175 Å². The van der Waals surface area contributed by atoms with Gasteiger partial charge in [0.1, 0.15) is 0 Å². The van der Waals surface area contributed by atoms with E-state index in [0.29, 0.717) is 11.1 Å². The fraction of sp³-hybridized carbons (Fsp3) is 0. The molecule has 0 aliphatic heterocycles. The Morgan fingerprint density at radius 1 is 0.357 bits per heavy atom. The molecule has 3 aromatic heterocycles. The predicted octanol–water partition coefficient (Wildman–Crippen LogP) is 12.7. The molecule has 5 heteroatoms. The van der Waals surface area contributed by atoms with Gasteiger partial charge >= 0.3 is 0 Å². The van der Waals surface area contributed by atoms with Crippen LogP contribution in [0.25, 0.3) is 100 Å². The van der Waals surface area contributed by atoms with E-state index in [-0.39, 0.29) is 38.4 Å². The maximum absolute atomic E-state index is 9.75. The maximum atomic E-state index is 9.75. The van der Waals surface area contributed by atoms with Crippen LogP contribution in [0, 0.1) is 0 Å². The average Bonchev–Trinajstić information content (AvgIpc) is 4.07. The summed E-state index contributed by atoms with van der Waals surface area (Å²) in [6.45, 7) is 0. The first-order chi connectivity index (χ1) is 37.8. The Kier molecular flexibility index (Phi) is 3.73. The first-order valence-corrected chi connectivity index (χ1v) is 16.9. The molecule has 0 unspecified atom stereocenters. The molecule has 0 saturated carbocycles. The molecular formula is C51H33N5. The second-order valence-corrected chi connectivity index (χ2v) is 12.3. The topological polar surface area (TPSA) is 48.5 Å². The van der Waals surface area contributed by atoms with Crippen molar-refractivity contribution >= 4 is 43.6 Å². The molecule has 56 heavy (non-hydrogen) atoms. The molecule has 0 bridgehead atoms. The maximum Gasteiger partial charge on any atom is 0.238 e. The fourth-order valence-electron chi connectivity index (χ4n) is 6.70. The summed E-state index contributed by atoms with van der Waals surface area (Å²) < 4.78 is 218. The van der Waals surface area contributed by atoms with Crippen molar-refractivity contribution in [2.24, 2.45) is 0 Å². The minimum atomic E-state index is -0.988. The summed E-state index contributed by atoms with van der Waals surface area (Å²) >= 11 is 0. The van der Waals surface area contributed by atoms with Crippen molar-refractivity contribution in [3.63, 3.8) is 0 Å².